The smallest absolute Gasteiger partial charge is 0.233 e. The zero-order valence-electron chi connectivity index (χ0n) is 16.0. The number of hydrogen-bond donors (Lipinski definition) is 1. The van der Waals surface area contributed by atoms with Crippen LogP contribution in [0, 0.1) is 6.92 Å². The normalized spacial score (nSPS) is 10.7. The summed E-state index contributed by atoms with van der Waals surface area (Å²) < 4.78 is 0. The third-order valence-corrected chi connectivity index (χ3v) is 4.41. The van der Waals surface area contributed by atoms with E-state index in [0.29, 0.717) is 12.5 Å². The number of hydrogen-bond acceptors (Lipinski definition) is 3. The van der Waals surface area contributed by atoms with Crippen molar-refractivity contribution in [3.63, 3.8) is 0 Å². The lowest BCUT2D eigenvalue weighted by atomic mass is 9.98. The minimum atomic E-state index is -0.276. The van der Waals surface area contributed by atoms with Crippen molar-refractivity contribution in [2.45, 2.75) is 39.5 Å². The Kier molecular flexibility index (Phi) is 6.89. The van der Waals surface area contributed by atoms with Crippen LogP contribution in [0.1, 0.15) is 42.9 Å². The Balaban J connectivity index is 1.92. The molecule has 5 heteroatoms. The van der Waals surface area contributed by atoms with Gasteiger partial charge >= 0.3 is 0 Å². The van der Waals surface area contributed by atoms with Gasteiger partial charge in [0.2, 0.25) is 11.8 Å². The number of rotatable bonds is 7. The van der Waals surface area contributed by atoms with Crippen LogP contribution in [0.2, 0.25) is 0 Å². The molecule has 0 aliphatic heterocycles. The number of para-hydroxylation sites is 1. The molecule has 0 aliphatic carbocycles. The predicted octanol–water partition coefficient (Wildman–Crippen LogP) is 3.54. The number of anilines is 1. The lowest BCUT2D eigenvalue weighted by Gasteiger charge is -2.19. The van der Waals surface area contributed by atoms with Crippen LogP contribution in [0.3, 0.4) is 0 Å². The van der Waals surface area contributed by atoms with E-state index in [0.717, 1.165) is 28.8 Å². The first kappa shape index (κ1) is 19.6. The van der Waals surface area contributed by atoms with Crippen molar-refractivity contribution in [1.29, 1.82) is 0 Å². The maximum absolute atomic E-state index is 12.4. The van der Waals surface area contributed by atoms with Crippen LogP contribution in [0.4, 0.5) is 5.69 Å². The molecule has 0 unspecified atom stereocenters. The van der Waals surface area contributed by atoms with Crippen LogP contribution in [0.5, 0.6) is 0 Å². The molecule has 0 saturated carbocycles. The second-order valence-corrected chi connectivity index (χ2v) is 6.84. The first-order valence-electron chi connectivity index (χ1n) is 8.90. The van der Waals surface area contributed by atoms with Crippen molar-refractivity contribution in [2.75, 3.05) is 18.9 Å². The Bertz CT molecular complexity index is 757. The highest BCUT2D eigenvalue weighted by molar-refractivity contribution is 6.04. The second-order valence-electron chi connectivity index (χ2n) is 6.84. The summed E-state index contributed by atoms with van der Waals surface area (Å²) in [4.78, 5) is 30.3. The van der Waals surface area contributed by atoms with E-state index in [9.17, 15) is 9.59 Å². The highest BCUT2D eigenvalue weighted by atomic mass is 16.2. The molecule has 2 rings (SSSR count). The van der Waals surface area contributed by atoms with Crippen molar-refractivity contribution in [3.8, 4) is 0 Å². The molecular formula is C21H27N3O2. The Morgan fingerprint density at radius 1 is 1.15 bits per heavy atom. The molecule has 1 N–H and O–H groups in total. The van der Waals surface area contributed by atoms with Gasteiger partial charge in [0.05, 0.1) is 0 Å². The van der Waals surface area contributed by atoms with Crippen LogP contribution in [-0.4, -0.2) is 35.3 Å². The van der Waals surface area contributed by atoms with Crippen LogP contribution < -0.4 is 5.32 Å². The number of nitrogens with one attached hydrogen (secondary N) is 1. The second kappa shape index (κ2) is 9.13. The number of likely N-dealkylation sites (N-methyl/N-ethyl adjacent to an activating group) is 1. The lowest BCUT2D eigenvalue weighted by Crippen LogP contribution is -2.32. The van der Waals surface area contributed by atoms with E-state index in [1.165, 1.54) is 0 Å². The number of aryl methyl sites for hydroxylation is 1. The molecule has 138 valence electrons. The molecule has 0 fully saturated rings. The van der Waals surface area contributed by atoms with Gasteiger partial charge in [0, 0.05) is 31.7 Å². The summed E-state index contributed by atoms with van der Waals surface area (Å²) in [5.41, 5.74) is 4.02. The number of pyridine rings is 1. The van der Waals surface area contributed by atoms with E-state index in [1.54, 1.807) is 24.3 Å². The van der Waals surface area contributed by atoms with Crippen molar-refractivity contribution in [1.82, 2.24) is 9.88 Å². The lowest BCUT2D eigenvalue weighted by molar-refractivity contribution is -0.133. The van der Waals surface area contributed by atoms with Gasteiger partial charge in [-0.25, -0.2) is 0 Å². The SMILES string of the molecule is Cc1cccc(C(C)C)c1NC(=O)CC(=O)N(C)CCc1ccncc1. The van der Waals surface area contributed by atoms with E-state index in [2.05, 4.69) is 24.1 Å². The van der Waals surface area contributed by atoms with Gasteiger partial charge in [-0.05, 0) is 48.1 Å². The summed E-state index contributed by atoms with van der Waals surface area (Å²) in [7, 11) is 1.73. The van der Waals surface area contributed by atoms with Gasteiger partial charge in [0.25, 0.3) is 0 Å². The Morgan fingerprint density at radius 3 is 2.50 bits per heavy atom. The molecule has 2 aromatic rings. The summed E-state index contributed by atoms with van der Waals surface area (Å²) in [6.07, 6.45) is 4.05. The third-order valence-electron chi connectivity index (χ3n) is 4.41. The molecule has 0 saturated heterocycles. The molecule has 0 atom stereocenters. The highest BCUT2D eigenvalue weighted by Crippen LogP contribution is 2.27. The van der Waals surface area contributed by atoms with E-state index >= 15 is 0 Å². The van der Waals surface area contributed by atoms with Crippen molar-refractivity contribution < 1.29 is 9.59 Å². The largest absolute Gasteiger partial charge is 0.345 e. The van der Waals surface area contributed by atoms with Crippen LogP contribution in [-0.2, 0) is 16.0 Å². The number of carbonyl (C=O) groups excluding carboxylic acids is 2. The van der Waals surface area contributed by atoms with Gasteiger partial charge in [-0.3, -0.25) is 14.6 Å². The molecule has 2 amide bonds. The number of carbonyl (C=O) groups is 2. The molecular weight excluding hydrogens is 326 g/mol. The van der Waals surface area contributed by atoms with Crippen LogP contribution >= 0.6 is 0 Å². The molecule has 0 spiro atoms. The molecule has 26 heavy (non-hydrogen) atoms. The standard InChI is InChI=1S/C21H27N3O2/c1-15(2)18-7-5-6-16(3)21(18)23-19(25)14-20(26)24(4)13-10-17-8-11-22-12-9-17/h5-9,11-12,15H,10,13-14H2,1-4H3,(H,23,25). The quantitative estimate of drug-likeness (QED) is 0.775. The van der Waals surface area contributed by atoms with E-state index in [-0.39, 0.29) is 18.2 Å². The minimum absolute atomic E-state index is 0.154. The summed E-state index contributed by atoms with van der Waals surface area (Å²) >= 11 is 0. The number of aromatic nitrogens is 1. The fourth-order valence-electron chi connectivity index (χ4n) is 2.77. The summed E-state index contributed by atoms with van der Waals surface area (Å²) in [5.74, 6) is -0.165. The number of benzene rings is 1. The average molecular weight is 353 g/mol. The van der Waals surface area contributed by atoms with Gasteiger partial charge in [-0.1, -0.05) is 32.0 Å². The molecule has 1 aromatic carbocycles. The Morgan fingerprint density at radius 2 is 1.85 bits per heavy atom. The van der Waals surface area contributed by atoms with Gasteiger partial charge in [-0.2, -0.15) is 0 Å². The van der Waals surface area contributed by atoms with Crippen molar-refractivity contribution in [3.05, 3.63) is 59.4 Å². The summed E-state index contributed by atoms with van der Waals surface area (Å²) in [6.45, 7) is 6.70. The van der Waals surface area contributed by atoms with E-state index in [1.807, 2.05) is 37.3 Å². The topological polar surface area (TPSA) is 62.3 Å². The van der Waals surface area contributed by atoms with Gasteiger partial charge in [0.15, 0.2) is 0 Å². The fourth-order valence-corrected chi connectivity index (χ4v) is 2.77. The predicted molar refractivity (Wildman–Crippen MR) is 104 cm³/mol. The van der Waals surface area contributed by atoms with Crippen molar-refractivity contribution >= 4 is 17.5 Å². The third kappa shape index (κ3) is 5.41. The zero-order valence-corrected chi connectivity index (χ0v) is 16.0. The maximum Gasteiger partial charge on any atom is 0.233 e. The zero-order chi connectivity index (χ0) is 19.1. The van der Waals surface area contributed by atoms with Gasteiger partial charge in [-0.15, -0.1) is 0 Å². The minimum Gasteiger partial charge on any atom is -0.345 e. The fraction of sp³-hybridized carbons (Fsp3) is 0.381. The van der Waals surface area contributed by atoms with Crippen LogP contribution in [0.15, 0.2) is 42.7 Å². The van der Waals surface area contributed by atoms with Crippen LogP contribution in [0.25, 0.3) is 0 Å². The van der Waals surface area contributed by atoms with E-state index < -0.39 is 0 Å². The molecule has 5 nitrogen and oxygen atoms in total. The monoisotopic (exact) mass is 353 g/mol. The van der Waals surface area contributed by atoms with Gasteiger partial charge in [0.1, 0.15) is 6.42 Å². The molecule has 0 aliphatic rings. The van der Waals surface area contributed by atoms with E-state index in [4.69, 9.17) is 0 Å². The molecule has 1 aromatic heterocycles. The van der Waals surface area contributed by atoms with Crippen molar-refractivity contribution in [2.24, 2.45) is 0 Å². The Hall–Kier alpha value is -2.69. The highest BCUT2D eigenvalue weighted by Gasteiger charge is 2.17. The summed E-state index contributed by atoms with van der Waals surface area (Å²) in [6, 6.07) is 9.81. The number of nitrogens with zero attached hydrogens (tertiary/aromatic N) is 2. The first-order chi connectivity index (χ1) is 12.4. The molecule has 0 radical (unpaired) electrons. The molecule has 1 heterocycles. The Labute approximate surface area is 155 Å². The first-order valence-corrected chi connectivity index (χ1v) is 8.90. The number of amides is 2. The average Bonchev–Trinajstić information content (AvgIpc) is 2.61. The molecule has 0 bridgehead atoms. The summed E-state index contributed by atoms with van der Waals surface area (Å²) in [5, 5.41) is 2.93. The maximum atomic E-state index is 12.4. The van der Waals surface area contributed by atoms with Gasteiger partial charge < -0.3 is 10.2 Å².